The highest BCUT2D eigenvalue weighted by atomic mass is 79.9. The van der Waals surface area contributed by atoms with E-state index in [2.05, 4.69) is 32.3 Å². The van der Waals surface area contributed by atoms with Crippen molar-refractivity contribution < 1.29 is 4.74 Å². The number of rotatable bonds is 5. The first kappa shape index (κ1) is 14.6. The lowest BCUT2D eigenvalue weighted by Gasteiger charge is -2.09. The zero-order valence-electron chi connectivity index (χ0n) is 11.9. The Kier molecular flexibility index (Phi) is 4.71. The fraction of sp³-hybridized carbons (Fsp3) is 0.0556. The zero-order chi connectivity index (χ0) is 15.2. The van der Waals surface area contributed by atoms with Gasteiger partial charge in [-0.3, -0.25) is 0 Å². The molecule has 0 unspecified atom stereocenters. The third-order valence-electron chi connectivity index (χ3n) is 3.07. The molecule has 0 aliphatic heterocycles. The molecule has 110 valence electrons. The second-order valence-corrected chi connectivity index (χ2v) is 5.69. The molecule has 0 bridgehead atoms. The van der Waals surface area contributed by atoms with Crippen molar-refractivity contribution in [3.05, 3.63) is 83.0 Å². The summed E-state index contributed by atoms with van der Waals surface area (Å²) in [5, 5.41) is 3.30. The Morgan fingerprint density at radius 3 is 2.55 bits per heavy atom. The van der Waals surface area contributed by atoms with Gasteiger partial charge in [-0.2, -0.15) is 0 Å². The van der Waals surface area contributed by atoms with Gasteiger partial charge in [-0.15, -0.1) is 0 Å². The molecule has 0 amide bonds. The molecule has 0 atom stereocenters. The molecule has 0 spiro atoms. The molecule has 3 aromatic rings. The summed E-state index contributed by atoms with van der Waals surface area (Å²) in [5.41, 5.74) is 1.13. The van der Waals surface area contributed by atoms with Crippen LogP contribution in [0.15, 0.2) is 77.4 Å². The van der Waals surface area contributed by atoms with Gasteiger partial charge >= 0.3 is 0 Å². The summed E-state index contributed by atoms with van der Waals surface area (Å²) in [7, 11) is 0. The minimum atomic E-state index is 0.690. The van der Waals surface area contributed by atoms with Gasteiger partial charge in [0.25, 0.3) is 0 Å². The van der Waals surface area contributed by atoms with Crippen molar-refractivity contribution in [2.75, 3.05) is 5.32 Å². The van der Waals surface area contributed by atoms with Gasteiger partial charge in [0, 0.05) is 17.2 Å². The quantitative estimate of drug-likeness (QED) is 0.679. The van der Waals surface area contributed by atoms with E-state index in [1.54, 1.807) is 6.20 Å². The summed E-state index contributed by atoms with van der Waals surface area (Å²) in [6.07, 6.45) is 1.77. The first-order valence-corrected chi connectivity index (χ1v) is 7.76. The Labute approximate surface area is 138 Å². The average molecular weight is 355 g/mol. The van der Waals surface area contributed by atoms with Crippen molar-refractivity contribution >= 4 is 21.7 Å². The van der Waals surface area contributed by atoms with E-state index in [1.165, 1.54) is 0 Å². The van der Waals surface area contributed by atoms with Crippen molar-refractivity contribution in [3.63, 3.8) is 0 Å². The van der Waals surface area contributed by atoms with Gasteiger partial charge in [0.2, 0.25) is 0 Å². The Morgan fingerprint density at radius 1 is 0.909 bits per heavy atom. The molecule has 1 aromatic heterocycles. The van der Waals surface area contributed by atoms with Gasteiger partial charge in [-0.25, -0.2) is 4.98 Å². The van der Waals surface area contributed by atoms with Crippen molar-refractivity contribution in [3.8, 4) is 11.5 Å². The molecule has 0 saturated heterocycles. The summed E-state index contributed by atoms with van der Waals surface area (Å²) in [6.45, 7) is 0.690. The molecule has 3 nitrogen and oxygen atoms in total. The van der Waals surface area contributed by atoms with Crippen LogP contribution >= 0.6 is 15.9 Å². The van der Waals surface area contributed by atoms with Crippen LogP contribution in [0.2, 0.25) is 0 Å². The molecule has 1 N–H and O–H groups in total. The maximum Gasteiger partial charge on any atom is 0.127 e. The highest BCUT2D eigenvalue weighted by molar-refractivity contribution is 9.10. The molecular formula is C18H15BrN2O. The second kappa shape index (κ2) is 7.09. The number of halogens is 1. The van der Waals surface area contributed by atoms with Crippen molar-refractivity contribution in [2.24, 2.45) is 0 Å². The number of pyridine rings is 1. The van der Waals surface area contributed by atoms with Crippen molar-refractivity contribution in [1.82, 2.24) is 4.98 Å². The van der Waals surface area contributed by atoms with Crippen LogP contribution in [0.25, 0.3) is 0 Å². The van der Waals surface area contributed by atoms with Crippen molar-refractivity contribution in [2.45, 2.75) is 6.54 Å². The number of aromatic nitrogens is 1. The standard InChI is InChI=1S/C18H15BrN2O/c19-15-9-10-20-18(12-15)21-13-14-5-4-8-17(11-14)22-16-6-2-1-3-7-16/h1-12H,13H2,(H,20,21). The molecule has 2 aromatic carbocycles. The highest BCUT2D eigenvalue weighted by Crippen LogP contribution is 2.22. The average Bonchev–Trinajstić information content (AvgIpc) is 2.54. The normalized spacial score (nSPS) is 10.2. The van der Waals surface area contributed by atoms with Gasteiger partial charge in [0.15, 0.2) is 0 Å². The number of anilines is 1. The second-order valence-electron chi connectivity index (χ2n) is 4.78. The van der Waals surface area contributed by atoms with Gasteiger partial charge in [-0.1, -0.05) is 46.3 Å². The van der Waals surface area contributed by atoms with Crippen LogP contribution in [-0.4, -0.2) is 4.98 Å². The largest absolute Gasteiger partial charge is 0.457 e. The molecule has 1 heterocycles. The molecular weight excluding hydrogens is 340 g/mol. The summed E-state index contributed by atoms with van der Waals surface area (Å²) in [6, 6.07) is 21.6. The molecule has 0 radical (unpaired) electrons. The molecule has 0 aliphatic rings. The number of benzene rings is 2. The topological polar surface area (TPSA) is 34.2 Å². The Morgan fingerprint density at radius 2 is 1.73 bits per heavy atom. The number of hydrogen-bond acceptors (Lipinski definition) is 3. The van der Waals surface area contributed by atoms with Crippen LogP contribution < -0.4 is 10.1 Å². The van der Waals surface area contributed by atoms with E-state index < -0.39 is 0 Å². The maximum absolute atomic E-state index is 5.84. The number of para-hydroxylation sites is 1. The van der Waals surface area contributed by atoms with Crippen LogP contribution in [0.5, 0.6) is 11.5 Å². The van der Waals surface area contributed by atoms with E-state index in [9.17, 15) is 0 Å². The fourth-order valence-electron chi connectivity index (χ4n) is 2.04. The molecule has 22 heavy (non-hydrogen) atoms. The lowest BCUT2D eigenvalue weighted by atomic mass is 10.2. The van der Waals surface area contributed by atoms with Gasteiger partial charge in [-0.05, 0) is 42.0 Å². The maximum atomic E-state index is 5.84. The molecule has 3 rings (SSSR count). The van der Waals surface area contributed by atoms with Crippen LogP contribution in [0.1, 0.15) is 5.56 Å². The van der Waals surface area contributed by atoms with E-state index in [-0.39, 0.29) is 0 Å². The first-order chi connectivity index (χ1) is 10.8. The molecule has 0 fully saturated rings. The first-order valence-electron chi connectivity index (χ1n) is 6.97. The van der Waals surface area contributed by atoms with E-state index in [0.717, 1.165) is 27.4 Å². The monoisotopic (exact) mass is 354 g/mol. The lowest BCUT2D eigenvalue weighted by molar-refractivity contribution is 0.482. The van der Waals surface area contributed by atoms with E-state index in [4.69, 9.17) is 4.74 Å². The molecule has 0 aliphatic carbocycles. The Bertz CT molecular complexity index is 747. The van der Waals surface area contributed by atoms with Gasteiger partial charge in [0.1, 0.15) is 17.3 Å². The summed E-state index contributed by atoms with van der Waals surface area (Å²) >= 11 is 3.44. The zero-order valence-corrected chi connectivity index (χ0v) is 13.5. The smallest absolute Gasteiger partial charge is 0.127 e. The summed E-state index contributed by atoms with van der Waals surface area (Å²) < 4.78 is 6.84. The van der Waals surface area contributed by atoms with Crippen molar-refractivity contribution in [1.29, 1.82) is 0 Å². The number of nitrogens with zero attached hydrogens (tertiary/aromatic N) is 1. The summed E-state index contributed by atoms with van der Waals surface area (Å²) in [4.78, 5) is 4.27. The predicted molar refractivity (Wildman–Crippen MR) is 92.2 cm³/mol. The van der Waals surface area contributed by atoms with E-state index in [0.29, 0.717) is 6.54 Å². The van der Waals surface area contributed by atoms with Gasteiger partial charge < -0.3 is 10.1 Å². The highest BCUT2D eigenvalue weighted by Gasteiger charge is 2.00. The molecule has 0 saturated carbocycles. The van der Waals surface area contributed by atoms with Crippen LogP contribution in [0.4, 0.5) is 5.82 Å². The Hall–Kier alpha value is -2.33. The van der Waals surface area contributed by atoms with E-state index in [1.807, 2.05) is 60.7 Å². The fourth-order valence-corrected chi connectivity index (χ4v) is 2.37. The minimum Gasteiger partial charge on any atom is -0.457 e. The van der Waals surface area contributed by atoms with Crippen LogP contribution in [-0.2, 0) is 6.54 Å². The number of nitrogens with one attached hydrogen (secondary N) is 1. The molecule has 4 heteroatoms. The third-order valence-corrected chi connectivity index (χ3v) is 3.57. The number of hydrogen-bond donors (Lipinski definition) is 1. The lowest BCUT2D eigenvalue weighted by Crippen LogP contribution is -2.01. The van der Waals surface area contributed by atoms with Crippen LogP contribution in [0, 0.1) is 0 Å². The minimum absolute atomic E-state index is 0.690. The van der Waals surface area contributed by atoms with E-state index >= 15 is 0 Å². The number of ether oxygens (including phenoxy) is 1. The predicted octanol–water partition coefficient (Wildman–Crippen LogP) is 5.25. The third kappa shape index (κ3) is 4.09. The Balaban J connectivity index is 1.66. The SMILES string of the molecule is Brc1ccnc(NCc2cccc(Oc3ccccc3)c2)c1. The van der Waals surface area contributed by atoms with Crippen LogP contribution in [0.3, 0.4) is 0 Å². The van der Waals surface area contributed by atoms with Gasteiger partial charge in [0.05, 0.1) is 0 Å². The summed E-state index contributed by atoms with van der Waals surface area (Å²) in [5.74, 6) is 2.50.